The summed E-state index contributed by atoms with van der Waals surface area (Å²) in [4.78, 5) is 22.3. The molecule has 0 N–H and O–H groups in total. The molecule has 0 bridgehead atoms. The Labute approximate surface area is 169 Å². The summed E-state index contributed by atoms with van der Waals surface area (Å²) in [7, 11) is 1.90. The molecule has 28 heavy (non-hydrogen) atoms. The quantitative estimate of drug-likeness (QED) is 0.356. The fourth-order valence-corrected chi connectivity index (χ4v) is 4.89. The SMILES string of the molecule is CCOC(=O)c1sc2ncnc(Sc3nnc(-c4ccoc4C)n3C)c2c1C. The predicted octanol–water partition coefficient (Wildman–Crippen LogP) is 4.02. The number of hydrogen-bond acceptors (Lipinski definition) is 9. The number of nitrogens with zero attached hydrogens (tertiary/aromatic N) is 5. The number of hydrogen-bond donors (Lipinski definition) is 0. The number of furan rings is 1. The van der Waals surface area contributed by atoms with Gasteiger partial charge in [0.2, 0.25) is 0 Å². The van der Waals surface area contributed by atoms with E-state index in [-0.39, 0.29) is 5.97 Å². The molecule has 0 saturated heterocycles. The molecule has 4 aromatic rings. The van der Waals surface area contributed by atoms with Gasteiger partial charge >= 0.3 is 5.97 Å². The highest BCUT2D eigenvalue weighted by Gasteiger charge is 2.22. The highest BCUT2D eigenvalue weighted by Crippen LogP contribution is 2.38. The van der Waals surface area contributed by atoms with Crippen molar-refractivity contribution in [3.8, 4) is 11.4 Å². The molecule has 0 aliphatic rings. The van der Waals surface area contributed by atoms with E-state index in [2.05, 4.69) is 20.2 Å². The lowest BCUT2D eigenvalue weighted by Gasteiger charge is -2.04. The molecule has 0 saturated carbocycles. The average molecular weight is 416 g/mol. The molecular formula is C18H17N5O3S2. The largest absolute Gasteiger partial charge is 0.469 e. The Morgan fingerprint density at radius 2 is 2.14 bits per heavy atom. The molecule has 0 radical (unpaired) electrons. The molecule has 4 rings (SSSR count). The first-order chi connectivity index (χ1) is 13.5. The molecule has 0 fully saturated rings. The molecule has 10 heteroatoms. The Kier molecular flexibility index (Phi) is 4.90. The number of rotatable bonds is 5. The van der Waals surface area contributed by atoms with Crippen LogP contribution in [0, 0.1) is 13.8 Å². The number of aryl methyl sites for hydroxylation is 2. The zero-order valence-electron chi connectivity index (χ0n) is 15.7. The van der Waals surface area contributed by atoms with E-state index in [1.54, 1.807) is 13.2 Å². The van der Waals surface area contributed by atoms with Crippen molar-refractivity contribution in [1.82, 2.24) is 24.7 Å². The lowest BCUT2D eigenvalue weighted by molar-refractivity contribution is 0.0531. The fourth-order valence-electron chi connectivity index (χ4n) is 2.85. The summed E-state index contributed by atoms with van der Waals surface area (Å²) in [6, 6.07) is 1.87. The van der Waals surface area contributed by atoms with Gasteiger partial charge in [-0.3, -0.25) is 0 Å². The highest BCUT2D eigenvalue weighted by molar-refractivity contribution is 7.99. The van der Waals surface area contributed by atoms with Crippen LogP contribution in [0.15, 0.2) is 33.3 Å². The van der Waals surface area contributed by atoms with E-state index in [1.807, 2.05) is 31.5 Å². The van der Waals surface area contributed by atoms with Gasteiger partial charge in [0.15, 0.2) is 11.0 Å². The van der Waals surface area contributed by atoms with Crippen LogP contribution in [0.3, 0.4) is 0 Å². The monoisotopic (exact) mass is 415 g/mol. The second-order valence-corrected chi connectivity index (χ2v) is 7.95. The van der Waals surface area contributed by atoms with Gasteiger partial charge in [0, 0.05) is 12.4 Å². The summed E-state index contributed by atoms with van der Waals surface area (Å²) >= 11 is 2.69. The van der Waals surface area contributed by atoms with Gasteiger partial charge in [0.25, 0.3) is 0 Å². The maximum absolute atomic E-state index is 12.2. The van der Waals surface area contributed by atoms with Gasteiger partial charge in [0.05, 0.1) is 18.4 Å². The summed E-state index contributed by atoms with van der Waals surface area (Å²) in [6.45, 7) is 5.88. The van der Waals surface area contributed by atoms with Crippen LogP contribution in [-0.4, -0.2) is 37.3 Å². The van der Waals surface area contributed by atoms with Crippen molar-refractivity contribution >= 4 is 39.3 Å². The van der Waals surface area contributed by atoms with Crippen LogP contribution in [0.25, 0.3) is 21.6 Å². The molecule has 0 aliphatic heterocycles. The summed E-state index contributed by atoms with van der Waals surface area (Å²) in [5.74, 6) is 1.16. The molecule has 4 heterocycles. The smallest absolute Gasteiger partial charge is 0.348 e. The van der Waals surface area contributed by atoms with E-state index in [0.29, 0.717) is 22.5 Å². The number of fused-ring (bicyclic) bond motifs is 1. The van der Waals surface area contributed by atoms with Gasteiger partial charge in [-0.05, 0) is 44.2 Å². The second-order valence-electron chi connectivity index (χ2n) is 5.99. The van der Waals surface area contributed by atoms with Crippen LogP contribution in [0.2, 0.25) is 0 Å². The standard InChI is InChI=1S/C18H17N5O3S2/c1-5-25-17(24)13-9(2)12-15(27-13)19-8-20-16(12)28-18-22-21-14(23(18)4)11-6-7-26-10(11)3/h6-8H,5H2,1-4H3. The first kappa shape index (κ1) is 18.6. The number of carbonyl (C=O) groups is 1. The molecule has 4 aromatic heterocycles. The Balaban J connectivity index is 1.74. The average Bonchev–Trinajstić information content (AvgIpc) is 3.34. The summed E-state index contributed by atoms with van der Waals surface area (Å²) in [5.41, 5.74) is 1.71. The van der Waals surface area contributed by atoms with Gasteiger partial charge in [-0.15, -0.1) is 21.5 Å². The highest BCUT2D eigenvalue weighted by atomic mass is 32.2. The Bertz CT molecular complexity index is 1180. The van der Waals surface area contributed by atoms with Gasteiger partial charge in [-0.25, -0.2) is 14.8 Å². The molecule has 144 valence electrons. The van der Waals surface area contributed by atoms with Gasteiger partial charge < -0.3 is 13.7 Å². The maximum atomic E-state index is 12.2. The van der Waals surface area contributed by atoms with Crippen LogP contribution >= 0.6 is 23.1 Å². The molecule has 0 aliphatic carbocycles. The van der Waals surface area contributed by atoms with Crippen LogP contribution < -0.4 is 0 Å². The number of aromatic nitrogens is 5. The second kappa shape index (κ2) is 7.36. The number of esters is 1. The molecule has 0 unspecified atom stereocenters. The van der Waals surface area contributed by atoms with Gasteiger partial charge in [0.1, 0.15) is 26.8 Å². The van der Waals surface area contributed by atoms with E-state index in [0.717, 1.165) is 32.1 Å². The Morgan fingerprint density at radius 3 is 2.86 bits per heavy atom. The zero-order chi connectivity index (χ0) is 19.8. The minimum atomic E-state index is -0.338. The van der Waals surface area contributed by atoms with Gasteiger partial charge in [-0.1, -0.05) is 0 Å². The number of thiophene rings is 1. The minimum Gasteiger partial charge on any atom is -0.469 e. The molecule has 0 spiro atoms. The van der Waals surface area contributed by atoms with Crippen molar-refractivity contribution < 1.29 is 13.9 Å². The van der Waals surface area contributed by atoms with E-state index in [4.69, 9.17) is 9.15 Å². The summed E-state index contributed by atoms with van der Waals surface area (Å²) in [6.07, 6.45) is 3.12. The van der Waals surface area contributed by atoms with Crippen molar-refractivity contribution in [2.24, 2.45) is 7.05 Å². The molecule has 0 amide bonds. The lowest BCUT2D eigenvalue weighted by atomic mass is 10.2. The number of carbonyl (C=O) groups excluding carboxylic acids is 1. The first-order valence-corrected chi connectivity index (χ1v) is 10.2. The summed E-state index contributed by atoms with van der Waals surface area (Å²) in [5, 5.41) is 10.8. The topological polar surface area (TPSA) is 95.9 Å². The van der Waals surface area contributed by atoms with Crippen molar-refractivity contribution in [3.63, 3.8) is 0 Å². The van der Waals surface area contributed by atoms with Gasteiger partial charge in [-0.2, -0.15) is 0 Å². The molecule has 0 atom stereocenters. The zero-order valence-corrected chi connectivity index (χ0v) is 17.3. The maximum Gasteiger partial charge on any atom is 0.348 e. The van der Waals surface area contributed by atoms with E-state index >= 15 is 0 Å². The molecule has 0 aromatic carbocycles. The minimum absolute atomic E-state index is 0.328. The van der Waals surface area contributed by atoms with Crippen molar-refractivity contribution in [3.05, 3.63) is 34.9 Å². The van der Waals surface area contributed by atoms with Crippen LogP contribution in [0.5, 0.6) is 0 Å². The Morgan fingerprint density at radius 1 is 1.32 bits per heavy atom. The van der Waals surface area contributed by atoms with Crippen molar-refractivity contribution in [2.75, 3.05) is 6.61 Å². The summed E-state index contributed by atoms with van der Waals surface area (Å²) < 4.78 is 12.4. The van der Waals surface area contributed by atoms with E-state index in [9.17, 15) is 4.79 Å². The van der Waals surface area contributed by atoms with Crippen molar-refractivity contribution in [2.45, 2.75) is 31.0 Å². The third-order valence-electron chi connectivity index (χ3n) is 4.28. The lowest BCUT2D eigenvalue weighted by Crippen LogP contribution is -2.03. The van der Waals surface area contributed by atoms with Crippen molar-refractivity contribution in [1.29, 1.82) is 0 Å². The van der Waals surface area contributed by atoms with Crippen LogP contribution in [0.4, 0.5) is 0 Å². The van der Waals surface area contributed by atoms with E-state index < -0.39 is 0 Å². The van der Waals surface area contributed by atoms with Crippen LogP contribution in [-0.2, 0) is 11.8 Å². The third-order valence-corrected chi connectivity index (χ3v) is 6.50. The third kappa shape index (κ3) is 3.08. The normalized spacial score (nSPS) is 11.3. The number of ether oxygens (including phenoxy) is 1. The Hall–Kier alpha value is -2.72. The predicted molar refractivity (Wildman–Crippen MR) is 106 cm³/mol. The van der Waals surface area contributed by atoms with E-state index in [1.165, 1.54) is 29.4 Å². The fraction of sp³-hybridized carbons (Fsp3) is 0.278. The first-order valence-electron chi connectivity index (χ1n) is 8.54. The molecular weight excluding hydrogens is 398 g/mol. The van der Waals surface area contributed by atoms with Crippen LogP contribution in [0.1, 0.15) is 27.9 Å². The molecule has 8 nitrogen and oxygen atoms in total.